The van der Waals surface area contributed by atoms with Crippen LogP contribution in [0.25, 0.3) is 0 Å². The van der Waals surface area contributed by atoms with Gasteiger partial charge in [0.2, 0.25) is 0 Å². The first-order valence-electron chi connectivity index (χ1n) is 8.61. The van der Waals surface area contributed by atoms with Crippen LogP contribution in [0.1, 0.15) is 30.2 Å². The van der Waals surface area contributed by atoms with Crippen molar-refractivity contribution in [3.05, 3.63) is 53.2 Å². The third-order valence-electron chi connectivity index (χ3n) is 4.26. The van der Waals surface area contributed by atoms with Crippen LogP contribution >= 0.6 is 0 Å². The molecular formula is C19H24N4O. The molecule has 2 amide bonds. The highest BCUT2D eigenvalue weighted by Crippen LogP contribution is 2.19. The third-order valence-corrected chi connectivity index (χ3v) is 4.26. The molecule has 2 aromatic rings. The molecule has 2 heterocycles. The maximum atomic E-state index is 12.0. The Balaban J connectivity index is 1.50. The molecule has 126 valence electrons. The quantitative estimate of drug-likeness (QED) is 0.790. The van der Waals surface area contributed by atoms with E-state index in [1.165, 1.54) is 5.56 Å². The lowest BCUT2D eigenvalue weighted by molar-refractivity contribution is 0.252. The van der Waals surface area contributed by atoms with Crippen LogP contribution in [0.4, 0.5) is 16.3 Å². The van der Waals surface area contributed by atoms with E-state index < -0.39 is 0 Å². The summed E-state index contributed by atoms with van der Waals surface area (Å²) >= 11 is 0. The molecule has 3 N–H and O–H groups in total. The Bertz CT molecular complexity index is 714. The SMILES string of the molecule is CCc1ccccc1NC(=O)NCCc1ccc2c(n1)NCCC2. The topological polar surface area (TPSA) is 66.0 Å². The second-order valence-corrected chi connectivity index (χ2v) is 5.98. The Morgan fingerprint density at radius 3 is 3.00 bits per heavy atom. The van der Waals surface area contributed by atoms with Crippen LogP contribution in [0.5, 0.6) is 0 Å². The summed E-state index contributed by atoms with van der Waals surface area (Å²) in [5, 5.41) is 9.15. The number of fused-ring (bicyclic) bond motifs is 1. The first-order valence-corrected chi connectivity index (χ1v) is 8.61. The van der Waals surface area contributed by atoms with Gasteiger partial charge in [0.05, 0.1) is 0 Å². The number of carbonyl (C=O) groups is 1. The van der Waals surface area contributed by atoms with Gasteiger partial charge in [-0.3, -0.25) is 0 Å². The van der Waals surface area contributed by atoms with Gasteiger partial charge in [-0.2, -0.15) is 0 Å². The van der Waals surface area contributed by atoms with Gasteiger partial charge < -0.3 is 16.0 Å². The maximum Gasteiger partial charge on any atom is 0.319 e. The number of carbonyl (C=O) groups excluding carboxylic acids is 1. The van der Waals surface area contributed by atoms with Crippen molar-refractivity contribution in [2.75, 3.05) is 23.7 Å². The zero-order valence-corrected chi connectivity index (χ0v) is 14.1. The average Bonchev–Trinajstić information content (AvgIpc) is 2.62. The molecule has 1 aliphatic heterocycles. The fourth-order valence-electron chi connectivity index (χ4n) is 2.93. The maximum absolute atomic E-state index is 12.0. The van der Waals surface area contributed by atoms with Gasteiger partial charge in [0.25, 0.3) is 0 Å². The number of para-hydroxylation sites is 1. The molecule has 0 saturated heterocycles. The number of urea groups is 1. The number of rotatable bonds is 5. The predicted molar refractivity (Wildman–Crippen MR) is 97.6 cm³/mol. The van der Waals surface area contributed by atoms with E-state index in [0.717, 1.165) is 55.0 Å². The van der Waals surface area contributed by atoms with Gasteiger partial charge in [0.1, 0.15) is 5.82 Å². The Kier molecular flexibility index (Phi) is 5.31. The van der Waals surface area contributed by atoms with Crippen LogP contribution in [-0.4, -0.2) is 24.1 Å². The second kappa shape index (κ2) is 7.81. The zero-order chi connectivity index (χ0) is 16.8. The molecule has 0 radical (unpaired) electrons. The van der Waals surface area contributed by atoms with Crippen molar-refractivity contribution < 1.29 is 4.79 Å². The molecular weight excluding hydrogens is 300 g/mol. The van der Waals surface area contributed by atoms with Gasteiger partial charge in [-0.25, -0.2) is 9.78 Å². The summed E-state index contributed by atoms with van der Waals surface area (Å²) in [6, 6.07) is 11.9. The van der Waals surface area contributed by atoms with E-state index >= 15 is 0 Å². The minimum atomic E-state index is -0.174. The lowest BCUT2D eigenvalue weighted by Gasteiger charge is -2.17. The Hall–Kier alpha value is -2.56. The number of aryl methyl sites for hydroxylation is 2. The average molecular weight is 324 g/mol. The van der Waals surface area contributed by atoms with Crippen LogP contribution in [0.2, 0.25) is 0 Å². The summed E-state index contributed by atoms with van der Waals surface area (Å²) < 4.78 is 0. The largest absolute Gasteiger partial charge is 0.370 e. The van der Waals surface area contributed by atoms with Crippen molar-refractivity contribution >= 4 is 17.5 Å². The number of pyridine rings is 1. The Labute approximate surface area is 142 Å². The molecule has 24 heavy (non-hydrogen) atoms. The minimum absolute atomic E-state index is 0.174. The summed E-state index contributed by atoms with van der Waals surface area (Å²) in [4.78, 5) is 16.7. The first kappa shape index (κ1) is 16.3. The fraction of sp³-hybridized carbons (Fsp3) is 0.368. The number of anilines is 2. The van der Waals surface area contributed by atoms with E-state index in [4.69, 9.17) is 0 Å². The third kappa shape index (κ3) is 4.04. The summed E-state index contributed by atoms with van der Waals surface area (Å²) in [6.45, 7) is 3.63. The normalized spacial score (nSPS) is 12.9. The number of hydrogen-bond donors (Lipinski definition) is 3. The van der Waals surface area contributed by atoms with Crippen molar-refractivity contribution in [2.24, 2.45) is 0 Å². The van der Waals surface area contributed by atoms with Gasteiger partial charge in [0.15, 0.2) is 0 Å². The number of hydrogen-bond acceptors (Lipinski definition) is 3. The summed E-state index contributed by atoms with van der Waals surface area (Å²) in [6.07, 6.45) is 3.86. The first-order chi connectivity index (χ1) is 11.8. The highest BCUT2D eigenvalue weighted by Gasteiger charge is 2.10. The lowest BCUT2D eigenvalue weighted by atomic mass is 10.1. The smallest absolute Gasteiger partial charge is 0.319 e. The molecule has 5 nitrogen and oxygen atoms in total. The molecule has 1 aliphatic rings. The molecule has 0 saturated carbocycles. The monoisotopic (exact) mass is 324 g/mol. The van der Waals surface area contributed by atoms with E-state index in [1.54, 1.807) is 0 Å². The highest BCUT2D eigenvalue weighted by atomic mass is 16.2. The molecule has 1 aromatic heterocycles. The van der Waals surface area contributed by atoms with Crippen LogP contribution < -0.4 is 16.0 Å². The van der Waals surface area contributed by atoms with E-state index in [1.807, 2.05) is 24.3 Å². The molecule has 0 bridgehead atoms. The Morgan fingerprint density at radius 1 is 1.25 bits per heavy atom. The van der Waals surface area contributed by atoms with Crippen molar-refractivity contribution in [1.82, 2.24) is 10.3 Å². The van der Waals surface area contributed by atoms with Crippen LogP contribution in [0, 0.1) is 0 Å². The number of nitrogens with one attached hydrogen (secondary N) is 3. The van der Waals surface area contributed by atoms with E-state index in [2.05, 4.69) is 40.0 Å². The van der Waals surface area contributed by atoms with Crippen molar-refractivity contribution in [3.8, 4) is 0 Å². The number of benzene rings is 1. The minimum Gasteiger partial charge on any atom is -0.370 e. The van der Waals surface area contributed by atoms with Crippen LogP contribution in [-0.2, 0) is 19.3 Å². The van der Waals surface area contributed by atoms with Crippen molar-refractivity contribution in [2.45, 2.75) is 32.6 Å². The molecule has 3 rings (SSSR count). The van der Waals surface area contributed by atoms with Gasteiger partial charge in [-0.15, -0.1) is 0 Å². The molecule has 5 heteroatoms. The van der Waals surface area contributed by atoms with Crippen LogP contribution in [0.3, 0.4) is 0 Å². The fourth-order valence-corrected chi connectivity index (χ4v) is 2.93. The van der Waals surface area contributed by atoms with E-state index in [9.17, 15) is 4.79 Å². The Morgan fingerprint density at radius 2 is 2.12 bits per heavy atom. The molecule has 0 atom stereocenters. The molecule has 0 aliphatic carbocycles. The number of nitrogens with zero attached hydrogens (tertiary/aromatic N) is 1. The molecule has 0 unspecified atom stereocenters. The van der Waals surface area contributed by atoms with E-state index in [-0.39, 0.29) is 6.03 Å². The standard InChI is InChI=1S/C19H24N4O/c1-2-14-6-3-4-8-17(14)23-19(24)21-13-11-16-10-9-15-7-5-12-20-18(15)22-16/h3-4,6,8-10H,2,5,7,11-13H2,1H3,(H,20,22)(H2,21,23,24). The summed E-state index contributed by atoms with van der Waals surface area (Å²) in [7, 11) is 0. The molecule has 1 aromatic carbocycles. The summed E-state index contributed by atoms with van der Waals surface area (Å²) in [5.41, 5.74) is 4.29. The number of amides is 2. The van der Waals surface area contributed by atoms with Gasteiger partial charge in [-0.05, 0) is 42.5 Å². The predicted octanol–water partition coefficient (Wildman–Crippen LogP) is 3.37. The zero-order valence-electron chi connectivity index (χ0n) is 14.1. The lowest BCUT2D eigenvalue weighted by Crippen LogP contribution is -2.31. The summed E-state index contributed by atoms with van der Waals surface area (Å²) in [5.74, 6) is 1.00. The van der Waals surface area contributed by atoms with Crippen LogP contribution in [0.15, 0.2) is 36.4 Å². The molecule has 0 spiro atoms. The molecule has 0 fully saturated rings. The van der Waals surface area contributed by atoms with Gasteiger partial charge >= 0.3 is 6.03 Å². The van der Waals surface area contributed by atoms with Gasteiger partial charge in [-0.1, -0.05) is 31.2 Å². The van der Waals surface area contributed by atoms with Crippen molar-refractivity contribution in [3.63, 3.8) is 0 Å². The number of aromatic nitrogens is 1. The second-order valence-electron chi connectivity index (χ2n) is 5.98. The van der Waals surface area contributed by atoms with Gasteiger partial charge in [0, 0.05) is 30.9 Å². The van der Waals surface area contributed by atoms with Crippen molar-refractivity contribution in [1.29, 1.82) is 0 Å². The highest BCUT2D eigenvalue weighted by molar-refractivity contribution is 5.90. The van der Waals surface area contributed by atoms with E-state index in [0.29, 0.717) is 6.54 Å².